The molecule has 1 aliphatic rings. The second kappa shape index (κ2) is 7.40. The lowest BCUT2D eigenvalue weighted by molar-refractivity contribution is 0.505. The number of nitrogens with zero attached hydrogens (tertiary/aromatic N) is 5. The van der Waals surface area contributed by atoms with E-state index in [4.69, 9.17) is 0 Å². The van der Waals surface area contributed by atoms with Crippen LogP contribution in [0.25, 0.3) is 5.65 Å². The van der Waals surface area contributed by atoms with E-state index in [0.717, 1.165) is 43.9 Å². The Hall–Kier alpha value is -2.87. The molecule has 1 aromatic carbocycles. The summed E-state index contributed by atoms with van der Waals surface area (Å²) in [6.45, 7) is 6.24. The molecule has 1 fully saturated rings. The van der Waals surface area contributed by atoms with E-state index in [1.807, 2.05) is 10.6 Å². The fourth-order valence-corrected chi connectivity index (χ4v) is 4.05. The van der Waals surface area contributed by atoms with Crippen LogP contribution >= 0.6 is 0 Å². The zero-order valence-corrected chi connectivity index (χ0v) is 16.0. The Kier molecular flexibility index (Phi) is 4.81. The summed E-state index contributed by atoms with van der Waals surface area (Å²) < 4.78 is 1.97. The van der Waals surface area contributed by atoms with Crippen LogP contribution in [0.2, 0.25) is 0 Å². The fraction of sp³-hybridized carbons (Fsp3) is 0.409. The van der Waals surface area contributed by atoms with Crippen LogP contribution in [0, 0.1) is 17.2 Å². The molecule has 0 bridgehead atoms. The van der Waals surface area contributed by atoms with Crippen molar-refractivity contribution >= 4 is 11.3 Å². The highest BCUT2D eigenvalue weighted by Gasteiger charge is 2.24. The highest BCUT2D eigenvalue weighted by atomic mass is 15.3. The monoisotopic (exact) mass is 359 g/mol. The Bertz CT molecular complexity index is 960. The average molecular weight is 359 g/mol. The molecule has 0 aliphatic carbocycles. The topological polar surface area (TPSA) is 57.2 Å². The van der Waals surface area contributed by atoms with Gasteiger partial charge in [0.1, 0.15) is 17.5 Å². The van der Waals surface area contributed by atoms with E-state index >= 15 is 0 Å². The zero-order valence-electron chi connectivity index (χ0n) is 16.0. The first kappa shape index (κ1) is 17.5. The predicted octanol–water partition coefficient (Wildman–Crippen LogP) is 4.18. The quantitative estimate of drug-likeness (QED) is 0.701. The molecule has 0 atom stereocenters. The number of hydrogen-bond donors (Lipinski definition) is 0. The van der Waals surface area contributed by atoms with Gasteiger partial charge in [-0.1, -0.05) is 44.2 Å². The number of pyridine rings is 1. The number of hydrogen-bond acceptors (Lipinski definition) is 4. The second-order valence-corrected chi connectivity index (χ2v) is 7.77. The number of fused-ring (bicyclic) bond motifs is 1. The molecule has 0 radical (unpaired) electrons. The molecule has 5 heteroatoms. The maximum Gasteiger partial charge on any atom is 0.180 e. The molecule has 4 rings (SSSR count). The lowest BCUT2D eigenvalue weighted by Gasteiger charge is -2.34. The van der Waals surface area contributed by atoms with Gasteiger partial charge in [0.15, 0.2) is 5.65 Å². The van der Waals surface area contributed by atoms with Gasteiger partial charge >= 0.3 is 0 Å². The minimum Gasteiger partial charge on any atom is -0.370 e. The lowest BCUT2D eigenvalue weighted by atomic mass is 9.89. The van der Waals surface area contributed by atoms with Crippen molar-refractivity contribution in [3.8, 4) is 6.07 Å². The van der Waals surface area contributed by atoms with Gasteiger partial charge in [0.2, 0.25) is 0 Å². The molecule has 2 aromatic heterocycles. The van der Waals surface area contributed by atoms with Crippen molar-refractivity contribution in [3.63, 3.8) is 0 Å². The molecule has 1 aliphatic heterocycles. The number of aromatic nitrogens is 3. The van der Waals surface area contributed by atoms with Gasteiger partial charge in [0.05, 0.1) is 5.69 Å². The Balaban J connectivity index is 1.58. The van der Waals surface area contributed by atoms with E-state index in [9.17, 15) is 5.26 Å². The predicted molar refractivity (Wildman–Crippen MR) is 107 cm³/mol. The molecule has 0 spiro atoms. The van der Waals surface area contributed by atoms with E-state index in [2.05, 4.69) is 71.4 Å². The van der Waals surface area contributed by atoms with E-state index in [1.54, 1.807) is 0 Å². The molecular weight excluding hydrogens is 334 g/mol. The van der Waals surface area contributed by atoms with Crippen LogP contribution in [-0.4, -0.2) is 27.7 Å². The van der Waals surface area contributed by atoms with Crippen molar-refractivity contribution in [2.45, 2.75) is 39.0 Å². The van der Waals surface area contributed by atoms with Gasteiger partial charge in [-0.2, -0.15) is 5.26 Å². The minimum atomic E-state index is 0.500. The Morgan fingerprint density at radius 3 is 2.52 bits per heavy atom. The highest BCUT2D eigenvalue weighted by molar-refractivity contribution is 5.71. The Labute approximate surface area is 160 Å². The number of rotatable bonds is 4. The summed E-state index contributed by atoms with van der Waals surface area (Å²) in [6, 6.07) is 15.2. The van der Waals surface area contributed by atoms with Gasteiger partial charge in [0, 0.05) is 25.7 Å². The highest BCUT2D eigenvalue weighted by Crippen LogP contribution is 2.32. The van der Waals surface area contributed by atoms with Crippen molar-refractivity contribution in [2.75, 3.05) is 18.0 Å². The molecule has 3 heterocycles. The third kappa shape index (κ3) is 3.40. The summed E-state index contributed by atoms with van der Waals surface area (Å²) in [5, 5.41) is 18.5. The number of nitriles is 1. The molecule has 5 nitrogen and oxygen atoms in total. The van der Waals surface area contributed by atoms with Crippen LogP contribution in [0.15, 0.2) is 42.6 Å². The minimum absolute atomic E-state index is 0.500. The second-order valence-electron chi connectivity index (χ2n) is 7.77. The number of benzene rings is 1. The molecule has 0 saturated carbocycles. The Morgan fingerprint density at radius 1 is 1.11 bits per heavy atom. The summed E-state index contributed by atoms with van der Waals surface area (Å²) in [5.74, 6) is 2.02. The van der Waals surface area contributed by atoms with Crippen LogP contribution < -0.4 is 4.90 Å². The number of anilines is 1. The third-order valence-electron chi connectivity index (χ3n) is 5.44. The van der Waals surface area contributed by atoms with Crippen LogP contribution in [0.3, 0.4) is 0 Å². The largest absolute Gasteiger partial charge is 0.370 e. The van der Waals surface area contributed by atoms with Crippen molar-refractivity contribution in [2.24, 2.45) is 5.92 Å². The van der Waals surface area contributed by atoms with Gasteiger partial charge in [0.25, 0.3) is 0 Å². The lowest BCUT2D eigenvalue weighted by Crippen LogP contribution is -2.33. The smallest absolute Gasteiger partial charge is 0.180 e. The maximum absolute atomic E-state index is 9.81. The van der Waals surface area contributed by atoms with Crippen molar-refractivity contribution < 1.29 is 0 Å². The van der Waals surface area contributed by atoms with E-state index < -0.39 is 0 Å². The molecule has 0 N–H and O–H groups in total. The molecule has 0 unspecified atom stereocenters. The molecule has 27 heavy (non-hydrogen) atoms. The molecule has 0 amide bonds. The summed E-state index contributed by atoms with van der Waals surface area (Å²) in [5.41, 5.74) is 3.72. The van der Waals surface area contributed by atoms with Gasteiger partial charge in [-0.15, -0.1) is 10.2 Å². The van der Waals surface area contributed by atoms with Crippen LogP contribution in [0.1, 0.15) is 49.6 Å². The first-order chi connectivity index (χ1) is 13.2. The Morgan fingerprint density at radius 2 is 1.85 bits per heavy atom. The molecular formula is C22H25N5. The SMILES string of the molecule is CC(C)Cc1nnc2c(C#N)c(N3CCC(c4ccccc4)CC3)ccn12. The summed E-state index contributed by atoms with van der Waals surface area (Å²) in [4.78, 5) is 2.33. The first-order valence-electron chi connectivity index (χ1n) is 9.74. The van der Waals surface area contributed by atoms with Crippen molar-refractivity contribution in [3.05, 3.63) is 59.5 Å². The fourth-order valence-electron chi connectivity index (χ4n) is 4.05. The number of piperidine rings is 1. The van der Waals surface area contributed by atoms with Gasteiger partial charge < -0.3 is 4.90 Å². The summed E-state index contributed by atoms with van der Waals surface area (Å²) in [7, 11) is 0. The van der Waals surface area contributed by atoms with Gasteiger partial charge in [-0.05, 0) is 36.3 Å². The van der Waals surface area contributed by atoms with E-state index in [0.29, 0.717) is 23.0 Å². The van der Waals surface area contributed by atoms with Crippen molar-refractivity contribution in [1.82, 2.24) is 14.6 Å². The molecule has 138 valence electrons. The maximum atomic E-state index is 9.81. The first-order valence-corrected chi connectivity index (χ1v) is 9.74. The van der Waals surface area contributed by atoms with E-state index in [1.165, 1.54) is 5.56 Å². The third-order valence-corrected chi connectivity index (χ3v) is 5.44. The average Bonchev–Trinajstić information content (AvgIpc) is 3.10. The van der Waals surface area contributed by atoms with E-state index in [-0.39, 0.29) is 0 Å². The molecule has 1 saturated heterocycles. The summed E-state index contributed by atoms with van der Waals surface area (Å²) >= 11 is 0. The van der Waals surface area contributed by atoms with Gasteiger partial charge in [-0.3, -0.25) is 4.40 Å². The summed E-state index contributed by atoms with van der Waals surface area (Å²) in [6.07, 6.45) is 5.08. The standard InChI is InChI=1S/C22H25N5/c1-16(2)14-21-24-25-22-19(15-23)20(10-13-27(21)22)26-11-8-18(9-12-26)17-6-4-3-5-7-17/h3-7,10,13,16,18H,8-9,11-12,14H2,1-2H3. The zero-order chi connectivity index (χ0) is 18.8. The van der Waals surface area contributed by atoms with Crippen molar-refractivity contribution in [1.29, 1.82) is 5.26 Å². The van der Waals surface area contributed by atoms with Crippen LogP contribution in [-0.2, 0) is 6.42 Å². The normalized spacial score (nSPS) is 15.4. The van der Waals surface area contributed by atoms with Crippen LogP contribution in [0.5, 0.6) is 0 Å². The van der Waals surface area contributed by atoms with Gasteiger partial charge in [-0.25, -0.2) is 0 Å². The molecule has 3 aromatic rings. The van der Waals surface area contributed by atoms with Crippen LogP contribution in [0.4, 0.5) is 5.69 Å².